The molecule has 0 bridgehead atoms. The summed E-state index contributed by atoms with van der Waals surface area (Å²) in [4.78, 5) is 21.4. The monoisotopic (exact) mass is 428 g/mol. The van der Waals surface area contributed by atoms with Gasteiger partial charge in [0.1, 0.15) is 0 Å². The van der Waals surface area contributed by atoms with E-state index in [1.54, 1.807) is 18.3 Å². The predicted molar refractivity (Wildman–Crippen MR) is 126 cm³/mol. The van der Waals surface area contributed by atoms with Gasteiger partial charge >= 0.3 is 0 Å². The van der Waals surface area contributed by atoms with Crippen LogP contribution in [0, 0.1) is 13.8 Å². The summed E-state index contributed by atoms with van der Waals surface area (Å²) in [5.41, 5.74) is 6.10. The first-order valence-electron chi connectivity index (χ1n) is 9.82. The van der Waals surface area contributed by atoms with Crippen LogP contribution in [0.3, 0.4) is 0 Å². The van der Waals surface area contributed by atoms with Gasteiger partial charge in [-0.1, -0.05) is 29.8 Å². The Kier molecular flexibility index (Phi) is 5.96. The van der Waals surface area contributed by atoms with Crippen molar-refractivity contribution in [1.29, 1.82) is 0 Å². The molecule has 0 spiro atoms. The lowest BCUT2D eigenvalue weighted by Gasteiger charge is -2.09. The lowest BCUT2D eigenvalue weighted by molar-refractivity contribution is 0.102. The molecule has 6 heteroatoms. The second-order valence-corrected chi connectivity index (χ2v) is 7.74. The first-order chi connectivity index (χ1) is 15.0. The minimum absolute atomic E-state index is 0.155. The van der Waals surface area contributed by atoms with Gasteiger partial charge in [-0.25, -0.2) is 9.97 Å². The Labute approximate surface area is 186 Å². The smallest absolute Gasteiger partial charge is 0.255 e. The van der Waals surface area contributed by atoms with Crippen LogP contribution in [0.4, 0.5) is 17.3 Å². The Balaban J connectivity index is 1.45. The molecule has 1 aromatic heterocycles. The minimum atomic E-state index is -0.155. The number of hydrogen-bond donors (Lipinski definition) is 2. The average molecular weight is 429 g/mol. The minimum Gasteiger partial charge on any atom is -0.324 e. The fourth-order valence-electron chi connectivity index (χ4n) is 3.28. The lowest BCUT2D eigenvalue weighted by atomic mass is 10.1. The maximum absolute atomic E-state index is 12.6. The number of anilines is 3. The molecule has 0 saturated carbocycles. The van der Waals surface area contributed by atoms with Crippen molar-refractivity contribution in [3.63, 3.8) is 0 Å². The van der Waals surface area contributed by atoms with Crippen molar-refractivity contribution < 1.29 is 4.79 Å². The molecule has 0 atom stereocenters. The van der Waals surface area contributed by atoms with Crippen LogP contribution in [0.5, 0.6) is 0 Å². The number of aromatic nitrogens is 2. The second-order valence-electron chi connectivity index (χ2n) is 7.31. The van der Waals surface area contributed by atoms with E-state index in [4.69, 9.17) is 11.6 Å². The van der Waals surface area contributed by atoms with Crippen LogP contribution >= 0.6 is 11.6 Å². The summed E-state index contributed by atoms with van der Waals surface area (Å²) in [5, 5.41) is 6.80. The molecule has 0 radical (unpaired) electrons. The molecule has 4 aromatic rings. The molecule has 0 unspecified atom stereocenters. The SMILES string of the molecule is Cc1cc(C)cc(NC(=O)c2ccc(Nc3nccc(-c4ccc(Cl)cc4)n3)cc2)c1. The third-order valence-electron chi connectivity index (χ3n) is 4.68. The number of benzene rings is 3. The topological polar surface area (TPSA) is 66.9 Å². The molecule has 0 fully saturated rings. The van der Waals surface area contributed by atoms with Crippen LogP contribution in [-0.2, 0) is 0 Å². The molecular formula is C25H21ClN4O. The van der Waals surface area contributed by atoms with E-state index >= 15 is 0 Å². The Bertz CT molecular complexity index is 1200. The van der Waals surface area contributed by atoms with Gasteiger partial charge in [0.25, 0.3) is 5.91 Å². The van der Waals surface area contributed by atoms with E-state index in [1.807, 2.05) is 68.4 Å². The quantitative estimate of drug-likeness (QED) is 0.385. The molecule has 2 N–H and O–H groups in total. The highest BCUT2D eigenvalue weighted by Gasteiger charge is 2.08. The van der Waals surface area contributed by atoms with E-state index in [-0.39, 0.29) is 5.91 Å². The van der Waals surface area contributed by atoms with Crippen molar-refractivity contribution >= 4 is 34.8 Å². The molecule has 5 nitrogen and oxygen atoms in total. The maximum atomic E-state index is 12.6. The van der Waals surface area contributed by atoms with Crippen molar-refractivity contribution in [2.75, 3.05) is 10.6 Å². The number of nitrogens with zero attached hydrogens (tertiary/aromatic N) is 2. The lowest BCUT2D eigenvalue weighted by Crippen LogP contribution is -2.12. The van der Waals surface area contributed by atoms with Crippen molar-refractivity contribution in [2.24, 2.45) is 0 Å². The van der Waals surface area contributed by atoms with Crippen molar-refractivity contribution in [1.82, 2.24) is 9.97 Å². The van der Waals surface area contributed by atoms with Crippen LogP contribution in [-0.4, -0.2) is 15.9 Å². The number of rotatable bonds is 5. The van der Waals surface area contributed by atoms with Gasteiger partial charge in [0, 0.05) is 33.7 Å². The molecule has 1 heterocycles. The van der Waals surface area contributed by atoms with E-state index in [1.165, 1.54) is 0 Å². The average Bonchev–Trinajstić information content (AvgIpc) is 2.74. The molecule has 0 aliphatic carbocycles. The third kappa shape index (κ3) is 5.27. The predicted octanol–water partition coefficient (Wildman–Crippen LogP) is 6.41. The third-order valence-corrected chi connectivity index (χ3v) is 4.93. The molecule has 154 valence electrons. The van der Waals surface area contributed by atoms with Crippen LogP contribution in [0.2, 0.25) is 5.02 Å². The van der Waals surface area contributed by atoms with Gasteiger partial charge < -0.3 is 10.6 Å². The van der Waals surface area contributed by atoms with Crippen molar-refractivity contribution in [3.05, 3.63) is 101 Å². The van der Waals surface area contributed by atoms with Gasteiger partial charge in [-0.3, -0.25) is 4.79 Å². The van der Waals surface area contributed by atoms with E-state index < -0.39 is 0 Å². The largest absolute Gasteiger partial charge is 0.324 e. The summed E-state index contributed by atoms with van der Waals surface area (Å²) in [6.07, 6.45) is 1.70. The second kappa shape index (κ2) is 8.98. The molecule has 31 heavy (non-hydrogen) atoms. The van der Waals surface area contributed by atoms with Crippen LogP contribution < -0.4 is 10.6 Å². The standard InChI is InChI=1S/C25H21ClN4O/c1-16-13-17(2)15-22(14-16)28-24(31)19-5-9-21(10-6-19)29-25-27-12-11-23(30-25)18-3-7-20(26)8-4-18/h3-15H,1-2H3,(H,28,31)(H,27,29,30). The summed E-state index contributed by atoms with van der Waals surface area (Å²) < 4.78 is 0. The van der Waals surface area contributed by atoms with Gasteiger partial charge in [-0.2, -0.15) is 0 Å². The highest BCUT2D eigenvalue weighted by molar-refractivity contribution is 6.30. The summed E-state index contributed by atoms with van der Waals surface area (Å²) >= 11 is 5.96. The summed E-state index contributed by atoms with van der Waals surface area (Å²) in [7, 11) is 0. The number of carbonyl (C=O) groups excluding carboxylic acids is 1. The normalized spacial score (nSPS) is 10.5. The number of hydrogen-bond acceptors (Lipinski definition) is 4. The van der Waals surface area contributed by atoms with E-state index in [0.29, 0.717) is 16.5 Å². The first-order valence-corrected chi connectivity index (χ1v) is 10.2. The number of aryl methyl sites for hydroxylation is 2. The zero-order chi connectivity index (χ0) is 21.8. The Morgan fingerprint density at radius 3 is 2.19 bits per heavy atom. The summed E-state index contributed by atoms with van der Waals surface area (Å²) in [6, 6.07) is 22.5. The molecule has 0 aliphatic heterocycles. The zero-order valence-corrected chi connectivity index (χ0v) is 17.9. The fraction of sp³-hybridized carbons (Fsp3) is 0.0800. The highest BCUT2D eigenvalue weighted by Crippen LogP contribution is 2.22. The number of amides is 1. The molecule has 4 rings (SSSR count). The van der Waals surface area contributed by atoms with E-state index in [9.17, 15) is 4.79 Å². The summed E-state index contributed by atoms with van der Waals surface area (Å²) in [6.45, 7) is 4.01. The van der Waals surface area contributed by atoms with Gasteiger partial charge in [-0.15, -0.1) is 0 Å². The highest BCUT2D eigenvalue weighted by atomic mass is 35.5. The molecule has 1 amide bonds. The Morgan fingerprint density at radius 1 is 0.839 bits per heavy atom. The zero-order valence-electron chi connectivity index (χ0n) is 17.2. The molecular weight excluding hydrogens is 408 g/mol. The van der Waals surface area contributed by atoms with Gasteiger partial charge in [0.2, 0.25) is 5.95 Å². The van der Waals surface area contributed by atoms with Crippen molar-refractivity contribution in [2.45, 2.75) is 13.8 Å². The summed E-state index contributed by atoms with van der Waals surface area (Å²) in [5.74, 6) is 0.317. The number of halogens is 1. The number of nitrogens with one attached hydrogen (secondary N) is 2. The van der Waals surface area contributed by atoms with E-state index in [0.717, 1.165) is 33.8 Å². The Morgan fingerprint density at radius 2 is 1.52 bits per heavy atom. The van der Waals surface area contributed by atoms with Crippen LogP contribution in [0.1, 0.15) is 21.5 Å². The van der Waals surface area contributed by atoms with E-state index in [2.05, 4.69) is 26.7 Å². The van der Waals surface area contributed by atoms with Gasteiger partial charge in [0.15, 0.2) is 0 Å². The van der Waals surface area contributed by atoms with Gasteiger partial charge in [0.05, 0.1) is 5.69 Å². The maximum Gasteiger partial charge on any atom is 0.255 e. The van der Waals surface area contributed by atoms with Crippen molar-refractivity contribution in [3.8, 4) is 11.3 Å². The fourth-order valence-corrected chi connectivity index (χ4v) is 3.41. The first kappa shape index (κ1) is 20.6. The van der Waals surface area contributed by atoms with Crippen LogP contribution in [0.15, 0.2) is 79.0 Å². The molecule has 0 saturated heterocycles. The Hall–Kier alpha value is -3.70. The van der Waals surface area contributed by atoms with Gasteiger partial charge in [-0.05, 0) is 79.6 Å². The molecule has 0 aliphatic rings. The van der Waals surface area contributed by atoms with Crippen LogP contribution in [0.25, 0.3) is 11.3 Å². The number of carbonyl (C=O) groups is 1. The molecule has 3 aromatic carbocycles.